The maximum Gasteiger partial charge on any atom is 0.0376 e. The topological polar surface area (TPSA) is 12.9 Å². The maximum atomic E-state index is 6.17. The van der Waals surface area contributed by atoms with Crippen LogP contribution in [0.2, 0.25) is 0 Å². The summed E-state index contributed by atoms with van der Waals surface area (Å²) in [7, 11) is 0. The summed E-state index contributed by atoms with van der Waals surface area (Å²) in [6.45, 7) is 4.24. The number of halogens is 1. The van der Waals surface area contributed by atoms with Crippen LogP contribution in [0.4, 0.5) is 0 Å². The molecule has 0 spiro atoms. The molecule has 0 aliphatic carbocycles. The Hall–Kier alpha value is -0.560. The van der Waals surface area contributed by atoms with Gasteiger partial charge in [-0.2, -0.15) is 0 Å². The summed E-state index contributed by atoms with van der Waals surface area (Å²) in [5.41, 5.74) is 2.56. The first-order valence-electron chi connectivity index (χ1n) is 4.77. The maximum absolute atomic E-state index is 6.17. The number of pyridine rings is 1. The first kappa shape index (κ1) is 10.5. The van der Waals surface area contributed by atoms with Gasteiger partial charge in [-0.05, 0) is 37.0 Å². The van der Waals surface area contributed by atoms with E-state index in [-0.39, 0.29) is 5.38 Å². The average molecular weight is 198 g/mol. The van der Waals surface area contributed by atoms with Crippen LogP contribution in [-0.2, 0) is 6.42 Å². The van der Waals surface area contributed by atoms with Crippen molar-refractivity contribution in [3.8, 4) is 0 Å². The molecule has 1 aromatic rings. The Balaban J connectivity index is 2.58. The normalized spacial score (nSPS) is 12.8. The molecule has 1 rings (SSSR count). The number of hydrogen-bond acceptors (Lipinski definition) is 1. The van der Waals surface area contributed by atoms with Crippen LogP contribution in [0.15, 0.2) is 18.5 Å². The van der Waals surface area contributed by atoms with Crippen molar-refractivity contribution in [2.45, 2.75) is 38.5 Å². The van der Waals surface area contributed by atoms with Gasteiger partial charge >= 0.3 is 0 Å². The molecule has 72 valence electrons. The highest BCUT2D eigenvalue weighted by atomic mass is 35.5. The van der Waals surface area contributed by atoms with Crippen LogP contribution in [0.1, 0.15) is 30.9 Å². The minimum Gasteiger partial charge on any atom is -0.264 e. The van der Waals surface area contributed by atoms with Crippen molar-refractivity contribution in [1.82, 2.24) is 4.98 Å². The molecular formula is C11H16ClN. The van der Waals surface area contributed by atoms with E-state index < -0.39 is 0 Å². The molecule has 1 heterocycles. The smallest absolute Gasteiger partial charge is 0.0376 e. The van der Waals surface area contributed by atoms with Gasteiger partial charge in [0.2, 0.25) is 0 Å². The van der Waals surface area contributed by atoms with Gasteiger partial charge in [0.05, 0.1) is 0 Å². The van der Waals surface area contributed by atoms with E-state index in [0.717, 1.165) is 19.3 Å². The van der Waals surface area contributed by atoms with Gasteiger partial charge in [-0.25, -0.2) is 0 Å². The highest BCUT2D eigenvalue weighted by molar-refractivity contribution is 6.20. The number of alkyl halides is 1. The molecule has 2 heteroatoms. The summed E-state index contributed by atoms with van der Waals surface area (Å²) in [4.78, 5) is 4.06. The van der Waals surface area contributed by atoms with Crippen LogP contribution in [0, 0.1) is 6.92 Å². The fourth-order valence-electron chi connectivity index (χ4n) is 1.39. The molecule has 0 saturated carbocycles. The summed E-state index contributed by atoms with van der Waals surface area (Å²) in [6.07, 6.45) is 6.92. The number of rotatable bonds is 4. The number of hydrogen-bond donors (Lipinski definition) is 0. The Morgan fingerprint density at radius 1 is 1.54 bits per heavy atom. The predicted octanol–water partition coefficient (Wildman–Crippen LogP) is 3.34. The van der Waals surface area contributed by atoms with Crippen molar-refractivity contribution >= 4 is 11.6 Å². The van der Waals surface area contributed by atoms with Crippen molar-refractivity contribution in [3.63, 3.8) is 0 Å². The number of aromatic nitrogens is 1. The molecule has 1 aromatic heterocycles. The van der Waals surface area contributed by atoms with E-state index in [0.29, 0.717) is 0 Å². The van der Waals surface area contributed by atoms with Gasteiger partial charge in [0.25, 0.3) is 0 Å². The van der Waals surface area contributed by atoms with E-state index in [1.54, 1.807) is 0 Å². The van der Waals surface area contributed by atoms with E-state index in [9.17, 15) is 0 Å². The molecule has 0 radical (unpaired) electrons. The quantitative estimate of drug-likeness (QED) is 0.675. The Bertz CT molecular complexity index is 260. The average Bonchev–Trinajstić information content (AvgIpc) is 2.09. The molecule has 13 heavy (non-hydrogen) atoms. The Morgan fingerprint density at radius 2 is 2.31 bits per heavy atom. The monoisotopic (exact) mass is 197 g/mol. The largest absolute Gasteiger partial charge is 0.264 e. The van der Waals surface area contributed by atoms with E-state index in [4.69, 9.17) is 11.6 Å². The third kappa shape index (κ3) is 3.35. The predicted molar refractivity (Wildman–Crippen MR) is 57.2 cm³/mol. The molecule has 0 N–H and O–H groups in total. The van der Waals surface area contributed by atoms with E-state index >= 15 is 0 Å². The SMILES string of the molecule is CCCC(Cl)Cc1ccncc1C. The van der Waals surface area contributed by atoms with Crippen LogP contribution in [-0.4, -0.2) is 10.4 Å². The van der Waals surface area contributed by atoms with Crippen LogP contribution in [0.25, 0.3) is 0 Å². The number of aryl methyl sites for hydroxylation is 1. The van der Waals surface area contributed by atoms with Crippen molar-refractivity contribution in [3.05, 3.63) is 29.6 Å². The third-order valence-electron chi connectivity index (χ3n) is 2.18. The molecular weight excluding hydrogens is 182 g/mol. The lowest BCUT2D eigenvalue weighted by Crippen LogP contribution is -2.04. The highest BCUT2D eigenvalue weighted by Crippen LogP contribution is 2.15. The zero-order valence-corrected chi connectivity index (χ0v) is 9.01. The Morgan fingerprint density at radius 3 is 2.92 bits per heavy atom. The lowest BCUT2D eigenvalue weighted by molar-refractivity contribution is 0.723. The molecule has 0 aliphatic rings. The second-order valence-electron chi connectivity index (χ2n) is 3.39. The van der Waals surface area contributed by atoms with E-state index in [2.05, 4.69) is 24.9 Å². The third-order valence-corrected chi connectivity index (χ3v) is 2.55. The minimum atomic E-state index is 0.270. The van der Waals surface area contributed by atoms with E-state index in [1.807, 2.05) is 12.4 Å². The molecule has 0 bridgehead atoms. The zero-order chi connectivity index (χ0) is 9.68. The van der Waals surface area contributed by atoms with Crippen molar-refractivity contribution in [2.75, 3.05) is 0 Å². The lowest BCUT2D eigenvalue weighted by Gasteiger charge is -2.09. The van der Waals surface area contributed by atoms with E-state index in [1.165, 1.54) is 11.1 Å². The molecule has 0 amide bonds. The Labute approximate surface area is 85.1 Å². The molecule has 0 fully saturated rings. The summed E-state index contributed by atoms with van der Waals surface area (Å²) in [6, 6.07) is 2.06. The molecule has 1 atom stereocenters. The molecule has 0 aliphatic heterocycles. The molecule has 0 saturated heterocycles. The van der Waals surface area contributed by atoms with Gasteiger partial charge < -0.3 is 0 Å². The second kappa shape index (κ2) is 5.23. The van der Waals surface area contributed by atoms with Crippen LogP contribution in [0.5, 0.6) is 0 Å². The van der Waals surface area contributed by atoms with Gasteiger partial charge in [-0.15, -0.1) is 11.6 Å². The molecule has 1 unspecified atom stereocenters. The Kier molecular flexibility index (Phi) is 4.23. The first-order valence-corrected chi connectivity index (χ1v) is 5.21. The van der Waals surface area contributed by atoms with Crippen LogP contribution in [0.3, 0.4) is 0 Å². The number of nitrogens with zero attached hydrogens (tertiary/aromatic N) is 1. The second-order valence-corrected chi connectivity index (χ2v) is 4.01. The molecule has 0 aromatic carbocycles. The summed E-state index contributed by atoms with van der Waals surface area (Å²) in [5.74, 6) is 0. The van der Waals surface area contributed by atoms with Gasteiger partial charge in [-0.3, -0.25) is 4.98 Å². The van der Waals surface area contributed by atoms with Crippen molar-refractivity contribution in [2.24, 2.45) is 0 Å². The molecule has 1 nitrogen and oxygen atoms in total. The zero-order valence-electron chi connectivity index (χ0n) is 8.26. The first-order chi connectivity index (χ1) is 6.24. The van der Waals surface area contributed by atoms with Gasteiger partial charge in [0, 0.05) is 17.8 Å². The summed E-state index contributed by atoms with van der Waals surface area (Å²) in [5, 5.41) is 0.270. The van der Waals surface area contributed by atoms with Crippen LogP contribution < -0.4 is 0 Å². The van der Waals surface area contributed by atoms with Crippen LogP contribution >= 0.6 is 11.6 Å². The standard InChI is InChI=1S/C11H16ClN/c1-3-4-11(12)7-10-5-6-13-8-9(10)2/h5-6,8,11H,3-4,7H2,1-2H3. The van der Waals surface area contributed by atoms with Gasteiger partial charge in [0.1, 0.15) is 0 Å². The minimum absolute atomic E-state index is 0.270. The summed E-state index contributed by atoms with van der Waals surface area (Å²) >= 11 is 6.17. The fourth-order valence-corrected chi connectivity index (χ4v) is 1.77. The fraction of sp³-hybridized carbons (Fsp3) is 0.545. The van der Waals surface area contributed by atoms with Gasteiger partial charge in [0.15, 0.2) is 0 Å². The van der Waals surface area contributed by atoms with Gasteiger partial charge in [-0.1, -0.05) is 13.3 Å². The highest BCUT2D eigenvalue weighted by Gasteiger charge is 2.06. The lowest BCUT2D eigenvalue weighted by atomic mass is 10.0. The van der Waals surface area contributed by atoms with Crippen molar-refractivity contribution in [1.29, 1.82) is 0 Å². The van der Waals surface area contributed by atoms with Crippen molar-refractivity contribution < 1.29 is 0 Å². The summed E-state index contributed by atoms with van der Waals surface area (Å²) < 4.78 is 0.